The van der Waals surface area contributed by atoms with Gasteiger partial charge in [-0.15, -0.1) is 5.10 Å². The SMILES string of the molecule is NC(=NCCCc1cn(CC(=O)N[C@@H](CC(=O)O)c2ccccc2)nn1)NCCc1ccc(O)cc1. The first-order valence-electron chi connectivity index (χ1n) is 11.7. The van der Waals surface area contributed by atoms with E-state index >= 15 is 0 Å². The Kier molecular flexibility index (Phi) is 9.80. The van der Waals surface area contributed by atoms with Crippen LogP contribution in [-0.4, -0.2) is 56.1 Å². The summed E-state index contributed by atoms with van der Waals surface area (Å²) in [4.78, 5) is 28.0. The van der Waals surface area contributed by atoms with E-state index in [4.69, 9.17) is 5.73 Å². The van der Waals surface area contributed by atoms with Crippen molar-refractivity contribution in [2.75, 3.05) is 13.1 Å². The van der Waals surface area contributed by atoms with Crippen molar-refractivity contribution in [2.45, 2.75) is 38.3 Å². The molecule has 0 spiro atoms. The van der Waals surface area contributed by atoms with Gasteiger partial charge in [-0.3, -0.25) is 14.6 Å². The lowest BCUT2D eigenvalue weighted by Gasteiger charge is -2.17. The summed E-state index contributed by atoms with van der Waals surface area (Å²) in [6, 6.07) is 15.4. The van der Waals surface area contributed by atoms with Crippen LogP contribution < -0.4 is 16.4 Å². The second-order valence-electron chi connectivity index (χ2n) is 8.25. The minimum atomic E-state index is -0.997. The molecule has 0 bridgehead atoms. The number of aliphatic imine (C=N–C) groups is 1. The Morgan fingerprint density at radius 3 is 2.56 bits per heavy atom. The van der Waals surface area contributed by atoms with Crippen LogP contribution in [0.15, 0.2) is 65.8 Å². The maximum atomic E-state index is 12.5. The predicted molar refractivity (Wildman–Crippen MR) is 134 cm³/mol. The molecule has 0 unspecified atom stereocenters. The van der Waals surface area contributed by atoms with E-state index in [1.54, 1.807) is 42.6 Å². The number of hydrogen-bond donors (Lipinski definition) is 5. The van der Waals surface area contributed by atoms with Crippen LogP contribution in [0.5, 0.6) is 5.75 Å². The molecule has 6 N–H and O–H groups in total. The van der Waals surface area contributed by atoms with Gasteiger partial charge >= 0.3 is 5.97 Å². The highest BCUT2D eigenvalue weighted by Gasteiger charge is 2.18. The number of carbonyl (C=O) groups is 2. The van der Waals surface area contributed by atoms with Gasteiger partial charge in [0.05, 0.1) is 18.2 Å². The molecular formula is C25H31N7O4. The van der Waals surface area contributed by atoms with Crippen molar-refractivity contribution in [1.29, 1.82) is 0 Å². The molecule has 0 aliphatic rings. The Morgan fingerprint density at radius 2 is 1.83 bits per heavy atom. The average Bonchev–Trinajstić information content (AvgIpc) is 3.30. The van der Waals surface area contributed by atoms with E-state index in [9.17, 15) is 19.8 Å². The fraction of sp³-hybridized carbons (Fsp3) is 0.320. The zero-order valence-corrected chi connectivity index (χ0v) is 19.9. The molecule has 1 atom stereocenters. The molecule has 2 aromatic carbocycles. The molecule has 11 heteroatoms. The topological polar surface area (TPSA) is 168 Å². The van der Waals surface area contributed by atoms with E-state index in [2.05, 4.69) is 25.9 Å². The molecule has 3 aromatic rings. The Hall–Kier alpha value is -4.41. The molecule has 36 heavy (non-hydrogen) atoms. The van der Waals surface area contributed by atoms with Crippen LogP contribution >= 0.6 is 0 Å². The smallest absolute Gasteiger partial charge is 0.305 e. The lowest BCUT2D eigenvalue weighted by molar-refractivity contribution is -0.137. The number of amides is 1. The van der Waals surface area contributed by atoms with Gasteiger partial charge in [-0.25, -0.2) is 4.68 Å². The van der Waals surface area contributed by atoms with Gasteiger partial charge in [-0.1, -0.05) is 47.7 Å². The number of phenolic OH excluding ortho intramolecular Hbond substituents is 1. The molecule has 190 valence electrons. The molecule has 0 aliphatic carbocycles. The van der Waals surface area contributed by atoms with Gasteiger partial charge < -0.3 is 26.6 Å². The number of carboxylic acids is 1. The first kappa shape index (κ1) is 26.2. The summed E-state index contributed by atoms with van der Waals surface area (Å²) in [5.41, 5.74) is 8.43. The van der Waals surface area contributed by atoms with Gasteiger partial charge in [0.1, 0.15) is 12.3 Å². The highest BCUT2D eigenvalue weighted by Crippen LogP contribution is 2.16. The molecular weight excluding hydrogens is 462 g/mol. The van der Waals surface area contributed by atoms with Gasteiger partial charge in [0.2, 0.25) is 5.91 Å². The maximum absolute atomic E-state index is 12.5. The predicted octanol–water partition coefficient (Wildman–Crippen LogP) is 1.40. The summed E-state index contributed by atoms with van der Waals surface area (Å²) in [6.07, 6.45) is 3.57. The maximum Gasteiger partial charge on any atom is 0.305 e. The lowest BCUT2D eigenvalue weighted by Crippen LogP contribution is -2.33. The molecule has 0 saturated carbocycles. The Bertz CT molecular complexity index is 1150. The number of nitrogens with zero attached hydrogens (tertiary/aromatic N) is 4. The number of carboxylic acid groups (broad SMARTS) is 1. The molecule has 0 radical (unpaired) electrons. The first-order chi connectivity index (χ1) is 17.4. The number of aromatic nitrogens is 3. The van der Waals surface area contributed by atoms with Crippen molar-refractivity contribution in [1.82, 2.24) is 25.6 Å². The molecule has 1 heterocycles. The number of guanidine groups is 1. The van der Waals surface area contributed by atoms with Crippen molar-refractivity contribution >= 4 is 17.8 Å². The summed E-state index contributed by atoms with van der Waals surface area (Å²) in [5.74, 6) is -0.743. The van der Waals surface area contributed by atoms with Crippen LogP contribution in [0.3, 0.4) is 0 Å². The van der Waals surface area contributed by atoms with E-state index in [1.165, 1.54) is 4.68 Å². The van der Waals surface area contributed by atoms with Crippen LogP contribution in [0.2, 0.25) is 0 Å². The fourth-order valence-corrected chi connectivity index (χ4v) is 3.54. The van der Waals surface area contributed by atoms with Gasteiger partial charge in [0.15, 0.2) is 5.96 Å². The van der Waals surface area contributed by atoms with Crippen LogP contribution in [0.4, 0.5) is 0 Å². The minimum absolute atomic E-state index is 0.0635. The van der Waals surface area contributed by atoms with Crippen LogP contribution in [0.25, 0.3) is 0 Å². The summed E-state index contributed by atoms with van der Waals surface area (Å²) in [7, 11) is 0. The number of rotatable bonds is 13. The van der Waals surface area contributed by atoms with Crippen molar-refractivity contribution in [3.05, 3.63) is 77.6 Å². The summed E-state index contributed by atoms with van der Waals surface area (Å²) < 4.78 is 1.43. The molecule has 1 aromatic heterocycles. The van der Waals surface area contributed by atoms with E-state index < -0.39 is 12.0 Å². The third-order valence-electron chi connectivity index (χ3n) is 5.34. The van der Waals surface area contributed by atoms with Gasteiger partial charge in [-0.05, 0) is 42.5 Å². The Balaban J connectivity index is 1.38. The molecule has 11 nitrogen and oxygen atoms in total. The second kappa shape index (κ2) is 13.5. The normalized spacial score (nSPS) is 12.2. The van der Waals surface area contributed by atoms with E-state index in [1.807, 2.05) is 18.2 Å². The number of nitrogens with two attached hydrogens (primary N) is 1. The molecule has 3 rings (SSSR count). The lowest BCUT2D eigenvalue weighted by atomic mass is 10.0. The van der Waals surface area contributed by atoms with Crippen LogP contribution in [0, 0.1) is 0 Å². The summed E-state index contributed by atoms with van der Waals surface area (Å²) in [6.45, 7) is 1.08. The van der Waals surface area contributed by atoms with E-state index in [-0.39, 0.29) is 24.6 Å². The van der Waals surface area contributed by atoms with Crippen LogP contribution in [-0.2, 0) is 29.0 Å². The monoisotopic (exact) mass is 493 g/mol. The van der Waals surface area contributed by atoms with E-state index in [0.29, 0.717) is 31.9 Å². The standard InChI is InChI=1S/C25H31N7O4/c26-25(28-14-12-18-8-10-21(33)11-9-18)27-13-4-7-20-16-32(31-30-20)17-23(34)29-22(15-24(35)36)19-5-2-1-3-6-19/h1-3,5-6,8-11,16,22,33H,4,7,12-15,17H2,(H,29,34)(H,35,36)(H3,26,27,28)/t22-/m0/s1. The number of aliphatic carboxylic acids is 1. The highest BCUT2D eigenvalue weighted by molar-refractivity contribution is 5.78. The van der Waals surface area contributed by atoms with Gasteiger partial charge in [0.25, 0.3) is 0 Å². The number of hydrogen-bond acceptors (Lipinski definition) is 6. The largest absolute Gasteiger partial charge is 0.508 e. The number of benzene rings is 2. The zero-order valence-electron chi connectivity index (χ0n) is 19.9. The van der Waals surface area contributed by atoms with Crippen LogP contribution in [0.1, 0.15) is 35.7 Å². The highest BCUT2D eigenvalue weighted by atomic mass is 16.4. The minimum Gasteiger partial charge on any atom is -0.508 e. The van der Waals surface area contributed by atoms with Crippen molar-refractivity contribution < 1.29 is 19.8 Å². The third-order valence-corrected chi connectivity index (χ3v) is 5.34. The zero-order chi connectivity index (χ0) is 25.8. The van der Waals surface area contributed by atoms with Crippen molar-refractivity contribution in [3.63, 3.8) is 0 Å². The average molecular weight is 494 g/mol. The number of aromatic hydroxyl groups is 1. The van der Waals surface area contributed by atoms with Crippen molar-refractivity contribution in [2.24, 2.45) is 10.7 Å². The van der Waals surface area contributed by atoms with E-state index in [0.717, 1.165) is 23.2 Å². The molecule has 0 saturated heterocycles. The quantitative estimate of drug-likeness (QED) is 0.135. The van der Waals surface area contributed by atoms with Gasteiger partial charge in [0, 0.05) is 19.3 Å². The Labute approximate surface area is 209 Å². The number of carbonyl (C=O) groups excluding carboxylic acids is 1. The number of phenols is 1. The summed E-state index contributed by atoms with van der Waals surface area (Å²) in [5, 5.41) is 32.4. The fourth-order valence-electron chi connectivity index (χ4n) is 3.54. The second-order valence-corrected chi connectivity index (χ2v) is 8.25. The number of aryl methyl sites for hydroxylation is 1. The van der Waals surface area contributed by atoms with Gasteiger partial charge in [-0.2, -0.15) is 0 Å². The summed E-state index contributed by atoms with van der Waals surface area (Å²) >= 11 is 0. The Morgan fingerprint density at radius 1 is 1.08 bits per heavy atom. The first-order valence-corrected chi connectivity index (χ1v) is 11.7. The molecule has 0 aliphatic heterocycles. The molecule has 1 amide bonds. The van der Waals surface area contributed by atoms with Crippen molar-refractivity contribution in [3.8, 4) is 5.75 Å². The third kappa shape index (κ3) is 9.09. The number of nitrogens with one attached hydrogen (secondary N) is 2. The molecule has 0 fully saturated rings.